The van der Waals surface area contributed by atoms with Crippen molar-refractivity contribution in [2.45, 2.75) is 32.0 Å². The van der Waals surface area contributed by atoms with E-state index < -0.39 is 5.92 Å². The van der Waals surface area contributed by atoms with Gasteiger partial charge in [-0.15, -0.1) is 24.8 Å². The molecule has 0 bridgehead atoms. The fourth-order valence-electron chi connectivity index (χ4n) is 4.83. The second kappa shape index (κ2) is 12.4. The van der Waals surface area contributed by atoms with Crippen molar-refractivity contribution in [2.24, 2.45) is 0 Å². The van der Waals surface area contributed by atoms with Gasteiger partial charge in [0.05, 0.1) is 0 Å². The molecule has 2 aliphatic rings. The minimum atomic E-state index is -0.473. The van der Waals surface area contributed by atoms with Gasteiger partial charge in [-0.3, -0.25) is 14.6 Å². The Morgan fingerprint density at radius 1 is 0.857 bits per heavy atom. The summed E-state index contributed by atoms with van der Waals surface area (Å²) in [5.41, 5.74) is 3.06. The molecule has 0 spiro atoms. The molecule has 35 heavy (non-hydrogen) atoms. The van der Waals surface area contributed by atoms with Crippen LogP contribution in [0, 0.1) is 0 Å². The summed E-state index contributed by atoms with van der Waals surface area (Å²) in [5, 5.41) is 0. The fraction of sp³-hybridized carbons (Fsp3) is 0.321. The molecule has 2 aliphatic heterocycles. The minimum absolute atomic E-state index is 0. The van der Waals surface area contributed by atoms with Crippen molar-refractivity contribution < 1.29 is 14.3 Å². The molecule has 0 amide bonds. The van der Waals surface area contributed by atoms with Crippen LogP contribution in [0.4, 0.5) is 0 Å². The molecule has 7 heteroatoms. The van der Waals surface area contributed by atoms with Gasteiger partial charge >= 0.3 is 5.97 Å². The Hall–Kier alpha value is -2.57. The zero-order valence-corrected chi connectivity index (χ0v) is 21.5. The van der Waals surface area contributed by atoms with E-state index in [1.807, 2.05) is 48.5 Å². The van der Waals surface area contributed by atoms with E-state index in [1.54, 1.807) is 0 Å². The summed E-state index contributed by atoms with van der Waals surface area (Å²) in [4.78, 5) is 18.3. The topological polar surface area (TPSA) is 42.0 Å². The number of hydrogen-bond acceptors (Lipinski definition) is 5. The van der Waals surface area contributed by atoms with Crippen LogP contribution in [0.3, 0.4) is 0 Å². The van der Waals surface area contributed by atoms with Crippen LogP contribution in [0.2, 0.25) is 0 Å². The van der Waals surface area contributed by atoms with Crippen LogP contribution in [0.15, 0.2) is 78.9 Å². The first-order valence-corrected chi connectivity index (χ1v) is 11.8. The first kappa shape index (κ1) is 27.0. The third kappa shape index (κ3) is 5.99. The standard InChI is InChI=1S/C28H30N2O3.2ClH/c1-2-26(30-18-16-29(17-19-30)20-21-10-4-3-5-11-21)33-28(31)27-22-12-6-8-14-24(22)32-25-15-9-7-13-23(25)27;;/h3-15,26-27H,2,16-20H2,1H3;2*1H. The average molecular weight is 515 g/mol. The van der Waals surface area contributed by atoms with Crippen LogP contribution in [-0.2, 0) is 16.1 Å². The molecule has 0 radical (unpaired) electrons. The van der Waals surface area contributed by atoms with Crippen molar-refractivity contribution >= 4 is 30.8 Å². The highest BCUT2D eigenvalue weighted by Gasteiger charge is 2.36. The number of hydrogen-bond donors (Lipinski definition) is 0. The van der Waals surface area contributed by atoms with Crippen LogP contribution in [0.1, 0.15) is 36.0 Å². The van der Waals surface area contributed by atoms with Gasteiger partial charge in [0, 0.05) is 43.9 Å². The van der Waals surface area contributed by atoms with Gasteiger partial charge in [0.2, 0.25) is 0 Å². The third-order valence-corrected chi connectivity index (χ3v) is 6.58. The van der Waals surface area contributed by atoms with Gasteiger partial charge in [-0.05, 0) is 24.1 Å². The fourth-order valence-corrected chi connectivity index (χ4v) is 4.83. The number of nitrogens with zero attached hydrogens (tertiary/aromatic N) is 2. The molecule has 3 aromatic rings. The van der Waals surface area contributed by atoms with Gasteiger partial charge in [-0.25, -0.2) is 0 Å². The van der Waals surface area contributed by atoms with Crippen molar-refractivity contribution in [2.75, 3.05) is 26.2 Å². The van der Waals surface area contributed by atoms with Crippen LogP contribution < -0.4 is 4.74 Å². The Morgan fingerprint density at radius 3 is 1.97 bits per heavy atom. The summed E-state index contributed by atoms with van der Waals surface area (Å²) < 4.78 is 12.2. The van der Waals surface area contributed by atoms with Gasteiger partial charge in [0.25, 0.3) is 0 Å². The molecular formula is C28H32Cl2N2O3. The maximum atomic E-state index is 13.5. The first-order chi connectivity index (χ1) is 16.2. The van der Waals surface area contributed by atoms with Crippen LogP contribution in [0.5, 0.6) is 11.5 Å². The number of para-hydroxylation sites is 2. The lowest BCUT2D eigenvalue weighted by Crippen LogP contribution is -2.51. The number of piperazine rings is 1. The van der Waals surface area contributed by atoms with Gasteiger partial charge < -0.3 is 9.47 Å². The zero-order chi connectivity index (χ0) is 22.6. The van der Waals surface area contributed by atoms with E-state index in [4.69, 9.17) is 9.47 Å². The van der Waals surface area contributed by atoms with Gasteiger partial charge in [-0.1, -0.05) is 73.7 Å². The highest BCUT2D eigenvalue weighted by molar-refractivity contribution is 5.86. The van der Waals surface area contributed by atoms with E-state index in [0.29, 0.717) is 0 Å². The number of carbonyl (C=O) groups is 1. The molecule has 2 heterocycles. The molecule has 186 valence electrons. The van der Waals surface area contributed by atoms with E-state index in [1.165, 1.54) is 5.56 Å². The third-order valence-electron chi connectivity index (χ3n) is 6.58. The van der Waals surface area contributed by atoms with Crippen molar-refractivity contribution in [1.82, 2.24) is 9.80 Å². The Labute approximate surface area is 219 Å². The summed E-state index contributed by atoms with van der Waals surface area (Å²) in [5.74, 6) is 0.762. The number of ether oxygens (including phenoxy) is 2. The molecule has 1 saturated heterocycles. The summed E-state index contributed by atoms with van der Waals surface area (Å²) in [7, 11) is 0. The molecule has 0 saturated carbocycles. The summed E-state index contributed by atoms with van der Waals surface area (Å²) in [6.45, 7) is 6.75. The Bertz CT molecular complexity index is 1060. The second-order valence-electron chi connectivity index (χ2n) is 8.71. The molecule has 5 rings (SSSR count). The van der Waals surface area contributed by atoms with E-state index in [0.717, 1.165) is 61.8 Å². The quantitative estimate of drug-likeness (QED) is 0.385. The Kier molecular flexibility index (Phi) is 9.58. The normalized spacial score (nSPS) is 16.5. The average Bonchev–Trinajstić information content (AvgIpc) is 2.87. The molecule has 3 aromatic carbocycles. The summed E-state index contributed by atoms with van der Waals surface area (Å²) >= 11 is 0. The van der Waals surface area contributed by atoms with Crippen molar-refractivity contribution in [3.05, 3.63) is 95.6 Å². The molecule has 5 nitrogen and oxygen atoms in total. The van der Waals surface area contributed by atoms with Crippen molar-refractivity contribution in [3.63, 3.8) is 0 Å². The number of carbonyl (C=O) groups excluding carboxylic acids is 1. The van der Waals surface area contributed by atoms with E-state index in [-0.39, 0.29) is 37.0 Å². The smallest absolute Gasteiger partial charge is 0.319 e. The van der Waals surface area contributed by atoms with E-state index >= 15 is 0 Å². The minimum Gasteiger partial charge on any atom is -0.457 e. The SMILES string of the molecule is CCC(OC(=O)C1c2ccccc2Oc2ccccc21)N1CCN(Cc2ccccc2)CC1.Cl.Cl. The summed E-state index contributed by atoms with van der Waals surface area (Å²) in [6, 6.07) is 26.1. The number of fused-ring (bicyclic) bond motifs is 2. The van der Waals surface area contributed by atoms with Gasteiger partial charge in [-0.2, -0.15) is 0 Å². The van der Waals surface area contributed by atoms with Crippen molar-refractivity contribution in [3.8, 4) is 11.5 Å². The van der Waals surface area contributed by atoms with Crippen LogP contribution >= 0.6 is 24.8 Å². The van der Waals surface area contributed by atoms with Crippen molar-refractivity contribution in [1.29, 1.82) is 0 Å². The molecule has 0 aromatic heterocycles. The van der Waals surface area contributed by atoms with Gasteiger partial charge in [0.1, 0.15) is 17.4 Å². The van der Waals surface area contributed by atoms with E-state index in [9.17, 15) is 4.79 Å². The second-order valence-corrected chi connectivity index (χ2v) is 8.71. The maximum absolute atomic E-state index is 13.5. The van der Waals surface area contributed by atoms with Crippen LogP contribution in [0.25, 0.3) is 0 Å². The monoisotopic (exact) mass is 514 g/mol. The number of benzene rings is 3. The zero-order valence-electron chi connectivity index (χ0n) is 19.8. The molecule has 1 fully saturated rings. The Balaban J connectivity index is 0.00000171. The maximum Gasteiger partial charge on any atom is 0.319 e. The molecular weight excluding hydrogens is 483 g/mol. The molecule has 1 atom stereocenters. The summed E-state index contributed by atoms with van der Waals surface area (Å²) in [6.07, 6.45) is 0.537. The molecule has 1 unspecified atom stereocenters. The van der Waals surface area contributed by atoms with E-state index in [2.05, 4.69) is 47.1 Å². The van der Waals surface area contributed by atoms with Crippen LogP contribution in [-0.4, -0.2) is 48.2 Å². The van der Waals surface area contributed by atoms with Gasteiger partial charge in [0.15, 0.2) is 6.23 Å². The Morgan fingerprint density at radius 2 is 1.40 bits per heavy atom. The number of rotatable bonds is 6. The highest BCUT2D eigenvalue weighted by atomic mass is 35.5. The lowest BCUT2D eigenvalue weighted by atomic mass is 9.88. The highest BCUT2D eigenvalue weighted by Crippen LogP contribution is 2.44. The number of halogens is 2. The predicted octanol–water partition coefficient (Wildman–Crippen LogP) is 5.86. The number of esters is 1. The molecule has 0 aliphatic carbocycles. The predicted molar refractivity (Wildman–Crippen MR) is 143 cm³/mol. The lowest BCUT2D eigenvalue weighted by molar-refractivity contribution is -0.162. The first-order valence-electron chi connectivity index (χ1n) is 11.8. The molecule has 0 N–H and O–H groups in total. The lowest BCUT2D eigenvalue weighted by Gasteiger charge is -2.39. The largest absolute Gasteiger partial charge is 0.457 e.